The summed E-state index contributed by atoms with van der Waals surface area (Å²) in [5, 5.41) is 2.99. The zero-order chi connectivity index (χ0) is 17.5. The number of carbonyl (C=O) groups is 1. The van der Waals surface area contributed by atoms with Crippen LogP contribution in [0.25, 0.3) is 0 Å². The molecule has 0 aliphatic heterocycles. The highest BCUT2D eigenvalue weighted by atomic mass is 16.1. The predicted octanol–water partition coefficient (Wildman–Crippen LogP) is 5.11. The number of pyridine rings is 1. The standard InChI is InChI=1S/C20H34N2O/c1-19(2,3)13-9-7-8-10-14-21-18(23)16-11-12-17(22-15-16)20(4,5)6/h11-12,15H,7-10,13-14H2,1-6H3,(H,21,23). The van der Waals surface area contributed by atoms with Crippen LogP contribution in [0.3, 0.4) is 0 Å². The summed E-state index contributed by atoms with van der Waals surface area (Å²) in [5.41, 5.74) is 2.10. The van der Waals surface area contributed by atoms with Crippen LogP contribution in [0.15, 0.2) is 18.3 Å². The molecule has 0 aliphatic rings. The molecule has 130 valence electrons. The van der Waals surface area contributed by atoms with Crippen molar-refractivity contribution in [1.82, 2.24) is 10.3 Å². The summed E-state index contributed by atoms with van der Waals surface area (Å²) >= 11 is 0. The fraction of sp³-hybridized carbons (Fsp3) is 0.700. The molecule has 3 heteroatoms. The minimum absolute atomic E-state index is 0.0159. The highest BCUT2D eigenvalue weighted by Crippen LogP contribution is 2.22. The van der Waals surface area contributed by atoms with E-state index in [4.69, 9.17) is 0 Å². The molecule has 1 amide bonds. The van der Waals surface area contributed by atoms with Crippen molar-refractivity contribution in [2.45, 2.75) is 79.1 Å². The number of carbonyl (C=O) groups excluding carboxylic acids is 1. The maximum Gasteiger partial charge on any atom is 0.252 e. The third-order valence-electron chi connectivity index (χ3n) is 3.93. The zero-order valence-corrected chi connectivity index (χ0v) is 15.8. The second-order valence-corrected chi connectivity index (χ2v) is 8.66. The largest absolute Gasteiger partial charge is 0.352 e. The lowest BCUT2D eigenvalue weighted by molar-refractivity contribution is 0.0952. The molecule has 0 spiro atoms. The molecule has 0 bridgehead atoms. The normalized spacial score (nSPS) is 12.3. The van der Waals surface area contributed by atoms with Crippen molar-refractivity contribution in [3.05, 3.63) is 29.6 Å². The SMILES string of the molecule is CC(C)(C)CCCCCCNC(=O)c1ccc(C(C)(C)C)nc1. The highest BCUT2D eigenvalue weighted by molar-refractivity contribution is 5.93. The Labute approximate surface area is 142 Å². The van der Waals surface area contributed by atoms with Crippen LogP contribution in [0, 0.1) is 5.41 Å². The van der Waals surface area contributed by atoms with E-state index in [0.717, 1.165) is 18.7 Å². The third-order valence-corrected chi connectivity index (χ3v) is 3.93. The van der Waals surface area contributed by atoms with Gasteiger partial charge in [-0.05, 0) is 30.4 Å². The number of hydrogen-bond acceptors (Lipinski definition) is 2. The van der Waals surface area contributed by atoms with Crippen LogP contribution in [-0.2, 0) is 5.41 Å². The Morgan fingerprint density at radius 2 is 1.65 bits per heavy atom. The molecular weight excluding hydrogens is 284 g/mol. The summed E-state index contributed by atoms with van der Waals surface area (Å²) in [4.78, 5) is 16.5. The second-order valence-electron chi connectivity index (χ2n) is 8.66. The summed E-state index contributed by atoms with van der Waals surface area (Å²) in [6.07, 6.45) is 7.69. The molecule has 0 radical (unpaired) electrons. The van der Waals surface area contributed by atoms with Gasteiger partial charge in [-0.3, -0.25) is 9.78 Å². The Hall–Kier alpha value is -1.38. The molecular formula is C20H34N2O. The van der Waals surface area contributed by atoms with Crippen molar-refractivity contribution in [2.75, 3.05) is 6.54 Å². The third kappa shape index (κ3) is 8.15. The molecule has 0 saturated heterocycles. The molecule has 0 atom stereocenters. The first-order chi connectivity index (χ1) is 10.6. The van der Waals surface area contributed by atoms with E-state index in [1.54, 1.807) is 6.20 Å². The molecule has 0 fully saturated rings. The lowest BCUT2D eigenvalue weighted by Crippen LogP contribution is -2.25. The zero-order valence-electron chi connectivity index (χ0n) is 15.8. The number of nitrogens with one attached hydrogen (secondary N) is 1. The van der Waals surface area contributed by atoms with E-state index in [1.165, 1.54) is 25.7 Å². The summed E-state index contributed by atoms with van der Waals surface area (Å²) in [6.45, 7) is 14.0. The van der Waals surface area contributed by atoms with Crippen LogP contribution < -0.4 is 5.32 Å². The van der Waals surface area contributed by atoms with Crippen LogP contribution in [0.4, 0.5) is 0 Å². The number of nitrogens with zero attached hydrogens (tertiary/aromatic N) is 1. The molecule has 1 aromatic heterocycles. The molecule has 3 nitrogen and oxygen atoms in total. The maximum absolute atomic E-state index is 12.1. The van der Waals surface area contributed by atoms with Crippen LogP contribution in [0.2, 0.25) is 0 Å². The summed E-state index contributed by atoms with van der Waals surface area (Å²) in [5.74, 6) is -0.0207. The monoisotopic (exact) mass is 318 g/mol. The van der Waals surface area contributed by atoms with Crippen molar-refractivity contribution in [3.63, 3.8) is 0 Å². The predicted molar refractivity (Wildman–Crippen MR) is 97.8 cm³/mol. The van der Waals surface area contributed by atoms with Gasteiger partial charge in [0.25, 0.3) is 5.91 Å². The van der Waals surface area contributed by atoms with Gasteiger partial charge in [0.15, 0.2) is 0 Å². The number of unbranched alkanes of at least 4 members (excludes halogenated alkanes) is 3. The van der Waals surface area contributed by atoms with E-state index in [1.807, 2.05) is 12.1 Å². The molecule has 1 aromatic rings. The van der Waals surface area contributed by atoms with Gasteiger partial charge in [0.2, 0.25) is 0 Å². The van der Waals surface area contributed by atoms with Gasteiger partial charge in [0, 0.05) is 23.9 Å². The maximum atomic E-state index is 12.1. The first kappa shape index (κ1) is 19.7. The van der Waals surface area contributed by atoms with Crippen LogP contribution in [0.5, 0.6) is 0 Å². The summed E-state index contributed by atoms with van der Waals surface area (Å²) in [7, 11) is 0. The Balaban J connectivity index is 2.24. The van der Waals surface area contributed by atoms with Crippen molar-refractivity contribution < 1.29 is 4.79 Å². The van der Waals surface area contributed by atoms with Gasteiger partial charge in [-0.15, -0.1) is 0 Å². The van der Waals surface area contributed by atoms with Gasteiger partial charge >= 0.3 is 0 Å². The van der Waals surface area contributed by atoms with Crippen molar-refractivity contribution >= 4 is 5.91 Å². The fourth-order valence-electron chi connectivity index (χ4n) is 2.41. The van der Waals surface area contributed by atoms with E-state index in [-0.39, 0.29) is 11.3 Å². The van der Waals surface area contributed by atoms with Gasteiger partial charge in [-0.25, -0.2) is 0 Å². The van der Waals surface area contributed by atoms with Gasteiger partial charge in [0.1, 0.15) is 0 Å². The average Bonchev–Trinajstić information content (AvgIpc) is 2.44. The van der Waals surface area contributed by atoms with Crippen molar-refractivity contribution in [1.29, 1.82) is 0 Å². The molecule has 1 heterocycles. The van der Waals surface area contributed by atoms with E-state index in [0.29, 0.717) is 11.0 Å². The summed E-state index contributed by atoms with van der Waals surface area (Å²) in [6, 6.07) is 3.81. The lowest BCUT2D eigenvalue weighted by atomic mass is 9.89. The van der Waals surface area contributed by atoms with Gasteiger partial charge < -0.3 is 5.32 Å². The first-order valence-electron chi connectivity index (χ1n) is 8.84. The Kier molecular flexibility index (Phi) is 7.24. The fourth-order valence-corrected chi connectivity index (χ4v) is 2.41. The van der Waals surface area contributed by atoms with Crippen LogP contribution >= 0.6 is 0 Å². The Morgan fingerprint density at radius 1 is 1.00 bits per heavy atom. The van der Waals surface area contributed by atoms with Crippen molar-refractivity contribution in [2.24, 2.45) is 5.41 Å². The number of aromatic nitrogens is 1. The Morgan fingerprint density at radius 3 is 2.17 bits per heavy atom. The minimum Gasteiger partial charge on any atom is -0.352 e. The van der Waals surface area contributed by atoms with Gasteiger partial charge in [-0.2, -0.15) is 0 Å². The minimum atomic E-state index is -0.0207. The molecule has 23 heavy (non-hydrogen) atoms. The van der Waals surface area contributed by atoms with E-state index in [9.17, 15) is 4.79 Å². The van der Waals surface area contributed by atoms with Gasteiger partial charge in [0.05, 0.1) is 5.56 Å². The lowest BCUT2D eigenvalue weighted by Gasteiger charge is -2.17. The number of rotatable bonds is 7. The average molecular weight is 319 g/mol. The molecule has 0 saturated carbocycles. The highest BCUT2D eigenvalue weighted by Gasteiger charge is 2.15. The summed E-state index contributed by atoms with van der Waals surface area (Å²) < 4.78 is 0. The molecule has 1 N–H and O–H groups in total. The van der Waals surface area contributed by atoms with Crippen molar-refractivity contribution in [3.8, 4) is 0 Å². The number of amides is 1. The number of hydrogen-bond donors (Lipinski definition) is 1. The molecule has 0 aromatic carbocycles. The first-order valence-corrected chi connectivity index (χ1v) is 8.84. The van der Waals surface area contributed by atoms with Crippen LogP contribution in [0.1, 0.15) is 89.7 Å². The quantitative estimate of drug-likeness (QED) is 0.710. The molecule has 0 unspecified atom stereocenters. The Bertz CT molecular complexity index is 478. The second kappa shape index (κ2) is 8.47. The van der Waals surface area contributed by atoms with E-state index < -0.39 is 0 Å². The molecule has 1 rings (SSSR count). The van der Waals surface area contributed by atoms with E-state index in [2.05, 4.69) is 51.8 Å². The van der Waals surface area contributed by atoms with Crippen LogP contribution in [-0.4, -0.2) is 17.4 Å². The topological polar surface area (TPSA) is 42.0 Å². The van der Waals surface area contributed by atoms with E-state index >= 15 is 0 Å². The smallest absolute Gasteiger partial charge is 0.252 e. The van der Waals surface area contributed by atoms with Gasteiger partial charge in [-0.1, -0.05) is 60.8 Å². The molecule has 0 aliphatic carbocycles.